The molecule has 2 aromatic rings. The molecule has 1 aliphatic heterocycles. The van der Waals surface area contributed by atoms with Crippen LogP contribution in [0.25, 0.3) is 6.08 Å². The molecule has 0 saturated carbocycles. The van der Waals surface area contributed by atoms with Crippen LogP contribution in [-0.4, -0.2) is 20.3 Å². The molecule has 0 saturated heterocycles. The molecule has 1 heterocycles. The molecule has 2 atom stereocenters. The predicted molar refractivity (Wildman–Crippen MR) is 108 cm³/mol. The zero-order valence-electron chi connectivity index (χ0n) is 16.9. The highest BCUT2D eigenvalue weighted by atomic mass is 16.5. The van der Waals surface area contributed by atoms with E-state index in [0.717, 1.165) is 39.7 Å². The van der Waals surface area contributed by atoms with Gasteiger partial charge < -0.3 is 18.9 Å². The van der Waals surface area contributed by atoms with Crippen molar-refractivity contribution in [3.05, 3.63) is 53.1 Å². The molecule has 0 aromatic heterocycles. The Kier molecular flexibility index (Phi) is 5.64. The molecule has 0 amide bonds. The van der Waals surface area contributed by atoms with Crippen LogP contribution in [-0.2, 0) is 0 Å². The van der Waals surface area contributed by atoms with Crippen molar-refractivity contribution in [3.8, 4) is 23.0 Å². The second-order valence-electron chi connectivity index (χ2n) is 7.05. The molecule has 4 heteroatoms. The van der Waals surface area contributed by atoms with Gasteiger partial charge in [0.25, 0.3) is 0 Å². The number of benzene rings is 2. The Hall–Kier alpha value is -2.62. The lowest BCUT2D eigenvalue weighted by atomic mass is 9.91. The van der Waals surface area contributed by atoms with Gasteiger partial charge in [0.15, 0.2) is 23.0 Å². The zero-order chi connectivity index (χ0) is 19.6. The minimum absolute atomic E-state index is 0.0879. The van der Waals surface area contributed by atoms with Gasteiger partial charge >= 0.3 is 0 Å². The highest BCUT2D eigenvalue weighted by Crippen LogP contribution is 2.51. The second kappa shape index (κ2) is 7.95. The van der Waals surface area contributed by atoms with Crippen LogP contribution in [0.4, 0.5) is 0 Å². The lowest BCUT2D eigenvalue weighted by Gasteiger charge is -2.19. The summed E-state index contributed by atoms with van der Waals surface area (Å²) in [5.74, 6) is 3.24. The normalized spacial score (nSPS) is 18.5. The number of rotatable bonds is 6. The van der Waals surface area contributed by atoms with Gasteiger partial charge in [-0.1, -0.05) is 25.1 Å². The number of hydrogen-bond acceptors (Lipinski definition) is 4. The molecular formula is C23H28O4. The summed E-state index contributed by atoms with van der Waals surface area (Å²) in [7, 11) is 3.34. The smallest absolute Gasteiger partial charge is 0.165 e. The molecule has 144 valence electrons. The van der Waals surface area contributed by atoms with E-state index in [1.807, 2.05) is 51.1 Å². The van der Waals surface area contributed by atoms with Gasteiger partial charge in [0.2, 0.25) is 0 Å². The van der Waals surface area contributed by atoms with Gasteiger partial charge in [-0.3, -0.25) is 0 Å². The molecule has 1 aliphatic rings. The van der Waals surface area contributed by atoms with E-state index in [9.17, 15) is 0 Å². The van der Waals surface area contributed by atoms with Crippen molar-refractivity contribution in [2.75, 3.05) is 14.2 Å². The molecule has 2 aromatic carbocycles. The summed E-state index contributed by atoms with van der Waals surface area (Å²) in [4.78, 5) is 0. The fourth-order valence-corrected chi connectivity index (χ4v) is 3.51. The highest BCUT2D eigenvalue weighted by molar-refractivity contribution is 5.62. The molecule has 0 unspecified atom stereocenters. The number of allylic oxidation sites excluding steroid dienone is 1. The minimum Gasteiger partial charge on any atom is -0.493 e. The zero-order valence-corrected chi connectivity index (χ0v) is 16.9. The standard InChI is InChI=1S/C23H28O4/c1-7-8-16-11-18-15(4)22(27-23(18)21(12-16)25-6)17-9-10-19(26-14(2)3)20(13-17)24-5/h7-15,22H,1-6H3/b8-7+/t15-,22-/m0/s1. The van der Waals surface area contributed by atoms with E-state index in [1.165, 1.54) is 0 Å². The Bertz CT molecular complexity index is 839. The Morgan fingerprint density at radius 1 is 1.00 bits per heavy atom. The fraction of sp³-hybridized carbons (Fsp3) is 0.391. The van der Waals surface area contributed by atoms with Crippen molar-refractivity contribution >= 4 is 6.08 Å². The monoisotopic (exact) mass is 368 g/mol. The van der Waals surface area contributed by atoms with Crippen LogP contribution in [0.3, 0.4) is 0 Å². The quantitative estimate of drug-likeness (QED) is 0.649. The van der Waals surface area contributed by atoms with Crippen LogP contribution in [0.15, 0.2) is 36.4 Å². The Labute approximate surface area is 161 Å². The maximum absolute atomic E-state index is 6.34. The first-order chi connectivity index (χ1) is 13.0. The third kappa shape index (κ3) is 3.75. The first-order valence-electron chi connectivity index (χ1n) is 9.34. The Balaban J connectivity index is 1.97. The summed E-state index contributed by atoms with van der Waals surface area (Å²) in [6.07, 6.45) is 4.09. The highest BCUT2D eigenvalue weighted by Gasteiger charge is 2.35. The second-order valence-corrected chi connectivity index (χ2v) is 7.05. The maximum atomic E-state index is 6.34. The van der Waals surface area contributed by atoms with Crippen molar-refractivity contribution in [1.29, 1.82) is 0 Å². The third-order valence-electron chi connectivity index (χ3n) is 4.75. The largest absolute Gasteiger partial charge is 0.493 e. The van der Waals surface area contributed by atoms with Crippen molar-refractivity contribution in [2.24, 2.45) is 0 Å². The number of methoxy groups -OCH3 is 2. The maximum Gasteiger partial charge on any atom is 0.165 e. The van der Waals surface area contributed by atoms with Gasteiger partial charge in [0.05, 0.1) is 20.3 Å². The van der Waals surface area contributed by atoms with Gasteiger partial charge in [-0.15, -0.1) is 0 Å². The predicted octanol–water partition coefficient (Wildman–Crippen LogP) is 5.76. The van der Waals surface area contributed by atoms with E-state index in [-0.39, 0.29) is 18.1 Å². The van der Waals surface area contributed by atoms with Crippen LogP contribution >= 0.6 is 0 Å². The minimum atomic E-state index is -0.100. The molecule has 4 nitrogen and oxygen atoms in total. The lowest BCUT2D eigenvalue weighted by molar-refractivity contribution is 0.206. The number of ether oxygens (including phenoxy) is 4. The Morgan fingerprint density at radius 3 is 2.37 bits per heavy atom. The van der Waals surface area contributed by atoms with Crippen LogP contribution in [0.1, 0.15) is 56.4 Å². The van der Waals surface area contributed by atoms with Gasteiger partial charge in [-0.05, 0) is 56.2 Å². The van der Waals surface area contributed by atoms with E-state index in [2.05, 4.69) is 19.1 Å². The molecule has 0 N–H and O–H groups in total. The average Bonchev–Trinajstić information content (AvgIpc) is 2.98. The average molecular weight is 368 g/mol. The van der Waals surface area contributed by atoms with Gasteiger partial charge in [0, 0.05) is 11.5 Å². The summed E-state index contributed by atoms with van der Waals surface area (Å²) in [5, 5.41) is 0. The van der Waals surface area contributed by atoms with Crippen molar-refractivity contribution < 1.29 is 18.9 Å². The topological polar surface area (TPSA) is 36.9 Å². The van der Waals surface area contributed by atoms with E-state index in [0.29, 0.717) is 0 Å². The Morgan fingerprint density at radius 2 is 1.74 bits per heavy atom. The molecule has 0 fully saturated rings. The van der Waals surface area contributed by atoms with E-state index < -0.39 is 0 Å². The van der Waals surface area contributed by atoms with Crippen LogP contribution < -0.4 is 18.9 Å². The van der Waals surface area contributed by atoms with E-state index in [4.69, 9.17) is 18.9 Å². The molecule has 0 bridgehead atoms. The van der Waals surface area contributed by atoms with Crippen molar-refractivity contribution in [3.63, 3.8) is 0 Å². The first-order valence-corrected chi connectivity index (χ1v) is 9.34. The van der Waals surface area contributed by atoms with E-state index >= 15 is 0 Å². The van der Waals surface area contributed by atoms with Gasteiger partial charge in [-0.25, -0.2) is 0 Å². The molecule has 27 heavy (non-hydrogen) atoms. The number of fused-ring (bicyclic) bond motifs is 1. The molecule has 0 aliphatic carbocycles. The molecule has 0 radical (unpaired) electrons. The SMILES string of the molecule is C/C=C/c1cc(OC)c2c(c1)[C@H](C)[C@@H](c1ccc(OC(C)C)c(OC)c1)O2. The van der Waals surface area contributed by atoms with Gasteiger partial charge in [-0.2, -0.15) is 0 Å². The summed E-state index contributed by atoms with van der Waals surface area (Å²) < 4.78 is 23.3. The number of hydrogen-bond donors (Lipinski definition) is 0. The summed E-state index contributed by atoms with van der Waals surface area (Å²) in [6, 6.07) is 10.2. The van der Waals surface area contributed by atoms with Crippen molar-refractivity contribution in [2.45, 2.75) is 45.8 Å². The molecule has 0 spiro atoms. The van der Waals surface area contributed by atoms with E-state index in [1.54, 1.807) is 14.2 Å². The lowest BCUT2D eigenvalue weighted by Crippen LogP contribution is -2.10. The summed E-state index contributed by atoms with van der Waals surface area (Å²) in [6.45, 7) is 8.19. The fourth-order valence-electron chi connectivity index (χ4n) is 3.51. The molecule has 3 rings (SSSR count). The van der Waals surface area contributed by atoms with Crippen LogP contribution in [0, 0.1) is 0 Å². The summed E-state index contributed by atoms with van der Waals surface area (Å²) in [5.41, 5.74) is 3.33. The van der Waals surface area contributed by atoms with Crippen LogP contribution in [0.5, 0.6) is 23.0 Å². The first kappa shape index (κ1) is 19.2. The van der Waals surface area contributed by atoms with Crippen LogP contribution in [0.2, 0.25) is 0 Å². The third-order valence-corrected chi connectivity index (χ3v) is 4.75. The van der Waals surface area contributed by atoms with Crippen molar-refractivity contribution in [1.82, 2.24) is 0 Å². The molecular weight excluding hydrogens is 340 g/mol. The van der Waals surface area contributed by atoms with Gasteiger partial charge in [0.1, 0.15) is 6.10 Å². The summed E-state index contributed by atoms with van der Waals surface area (Å²) >= 11 is 0.